The largest absolute Gasteiger partial charge is 0.458 e. The topological polar surface area (TPSA) is 517 Å². The summed E-state index contributed by atoms with van der Waals surface area (Å²) in [5.41, 5.74) is 26.4. The molecule has 0 spiro atoms. The van der Waals surface area contributed by atoms with Crippen molar-refractivity contribution in [3.8, 4) is 0 Å². The number of ether oxygens (including phenoxy) is 5. The number of piperazine rings is 2. The minimum Gasteiger partial charge on any atom is -0.458 e. The first kappa shape index (κ1) is 138. The fourth-order valence-corrected chi connectivity index (χ4v) is 16.1. The van der Waals surface area contributed by atoms with Gasteiger partial charge < -0.3 is 82.0 Å². The van der Waals surface area contributed by atoms with E-state index in [0.717, 1.165) is 42.8 Å². The number of nitrogens with two attached hydrogens (primary N) is 7. The summed E-state index contributed by atoms with van der Waals surface area (Å²) in [5, 5.41) is 16.0. The number of nitrogens with one attached hydrogen (secondary N) is 4. The number of benzene rings is 8. The number of aromatic nitrogens is 14. The number of aromatic amines is 2. The molecule has 18 N–H and O–H groups in total. The van der Waals surface area contributed by atoms with Gasteiger partial charge in [0.05, 0.1) is 63.5 Å². The SMILES string of the molecule is C.C.CCOC(=O)C(=O)OCC.CCOC(OCC)OCC.CN1CCN(c2nc3c(F)cc(Br)cc3n3cnnc23)CC1.CN1CCNCC1.ClI.Fc1cc(Br)cc2c1nc(Cl)c1nncn12.Fc1cc(Br)cc2nc(Cl)c(Cl)nc12.NN.NNc1nc2cc(Br)cc(F)c2nc1Cl.Nc1c(F)cc(Br)cc1I.Nc1cc(Br)cc(F)c1N.Nc1ccc(Br)cc1F.O=P(Cl)(Cl)Cl.O=c1[nH]c2cc(Br)cc(F)c2[nH]c1=O. The Bertz CT molecular complexity index is 6920. The van der Waals surface area contributed by atoms with Crippen molar-refractivity contribution in [1.82, 2.24) is 84.2 Å². The number of nitrogens with zero attached hydrogens (tertiary/aromatic N) is 15. The summed E-state index contributed by atoms with van der Waals surface area (Å²) in [5.74, 6) is 8.61. The van der Waals surface area contributed by atoms with Gasteiger partial charge >= 0.3 is 28.3 Å². The van der Waals surface area contributed by atoms with Gasteiger partial charge in [-0.25, -0.2) is 80.5 Å². The molecule has 2 aliphatic heterocycles. The average molecular weight is 3000 g/mol. The van der Waals surface area contributed by atoms with Crippen LogP contribution in [0.2, 0.25) is 20.6 Å². The predicted molar refractivity (Wildman–Crippen MR) is 619 cm³/mol. The highest BCUT2D eigenvalue weighted by molar-refractivity contribution is 14.1. The highest BCUT2D eigenvalue weighted by atomic mass is 127. The van der Waals surface area contributed by atoms with Crippen LogP contribution in [0.4, 0.5) is 69.5 Å². The Labute approximate surface area is 974 Å². The number of fused-ring (bicyclic) bond motifs is 9. The van der Waals surface area contributed by atoms with Gasteiger partial charge in [0.1, 0.15) is 63.5 Å². The number of anilines is 6. The molecule has 63 heteroatoms. The van der Waals surface area contributed by atoms with Gasteiger partial charge in [0, 0.05) is 133 Å². The number of rotatable bonds is 10. The van der Waals surface area contributed by atoms with Crippen LogP contribution in [0.5, 0.6) is 0 Å². The van der Waals surface area contributed by atoms with Crippen molar-refractivity contribution in [2.75, 3.05) is 133 Å². The Kier molecular flexibility index (Phi) is 65.4. The van der Waals surface area contributed by atoms with Crippen molar-refractivity contribution in [3.05, 3.63) is 243 Å². The second-order valence-corrected chi connectivity index (χ2v) is 44.2. The van der Waals surface area contributed by atoms with Gasteiger partial charge in [0.2, 0.25) is 5.65 Å². The Morgan fingerprint density at radius 2 is 0.851 bits per heavy atom. The summed E-state index contributed by atoms with van der Waals surface area (Å²) >= 11 is 65.5. The second kappa shape index (κ2) is 70.2. The first-order valence-corrected chi connectivity index (χ1v) is 56.8. The van der Waals surface area contributed by atoms with Gasteiger partial charge in [-0.2, -0.15) is 0 Å². The van der Waals surface area contributed by atoms with E-state index in [1.54, 1.807) is 86.8 Å². The lowest BCUT2D eigenvalue weighted by Gasteiger charge is -2.33. The minimum atomic E-state index is -3.22. The standard InChI is InChI=1S/C14H14BrFN6.C9H3BrClFN4.C8H2BrCl2FN2.C8H5BrClFN4.C8H4BrFN2O2.C7H16O3.C6H4BrFIN.C6H6BrFN2.C6H5BrFN.C6H10O4.C5H12N2.2CH4.Cl3OP.ClI.H4N2/c1-20-2-4-21(5-3-20)13-14-19-17-8-22(14)11-7-9(15)6-10(16)12(11)18-13;10-4-1-5(12)7-6(2-4)16-3-13-15-9(16)8(11)14-7;9-3-1-4(12)6-5(2-3)13-7(10)8(11)14-6;9-3-1-4(11)6-5(2-3)13-8(15-12)7(10)14-6;9-3-1-4(10)6-5(2-3)11-7(13)8(14)12-6;1-4-8-7(9-5-2)10-6-3;2*7-3-1-4(8)6(10)5(9)2-3;7-4-1-2-6(9)5(8)3-4;1-3-9-5(7)6(8)10-4-2;1-7-4-2-6-3-5-7;;;1-5(2,3)4;2*1-2/h6-8H,2-5H2,1H3;1-3H;1-2H;1-2H,12H2,(H,13,15);1-2H,(H,11,13)(H,12,14);7H,4-6H2,1-3H3;1-2H,10H2;1-2H,9-10H2;1-3H,9H2;3-4H2,1-2H3;6H,2-5H2,1H3;2*1H4;;;1-2H2. The first-order chi connectivity index (χ1) is 68.9. The average Bonchev–Trinajstić information content (AvgIpc) is 1.56. The van der Waals surface area contributed by atoms with Crippen molar-refractivity contribution in [2.24, 2.45) is 17.5 Å². The number of H-pyrrole nitrogens is 2. The molecular formula is C85H93Br8Cl8F8I2N26O10P. The monoisotopic (exact) mass is 2990 g/mol. The number of hydrogen-bond acceptors (Lipinski definition) is 32. The highest BCUT2D eigenvalue weighted by Crippen LogP contribution is 2.61. The lowest BCUT2D eigenvalue weighted by Crippen LogP contribution is -2.45. The van der Waals surface area contributed by atoms with E-state index in [1.165, 1.54) is 80.1 Å². The molecule has 0 saturated carbocycles. The van der Waals surface area contributed by atoms with Crippen molar-refractivity contribution >= 4 is 379 Å². The highest BCUT2D eigenvalue weighted by Gasteiger charge is 2.24. The van der Waals surface area contributed by atoms with Crippen LogP contribution in [-0.2, 0) is 37.8 Å². The second-order valence-electron chi connectivity index (χ2n) is 27.6. The number of carbonyl (C=O) groups is 2. The van der Waals surface area contributed by atoms with Crippen LogP contribution >= 0.6 is 266 Å². The number of hydrogen-bond donors (Lipinski definition) is 11. The quantitative estimate of drug-likeness (QED) is 0.00697. The van der Waals surface area contributed by atoms with Crippen molar-refractivity contribution in [2.45, 2.75) is 55.9 Å². The molecule has 0 atom stereocenters. The van der Waals surface area contributed by atoms with Gasteiger partial charge in [0.25, 0.3) is 6.48 Å². The third kappa shape index (κ3) is 46.0. The lowest BCUT2D eigenvalue weighted by molar-refractivity contribution is -0.282. The number of esters is 2. The van der Waals surface area contributed by atoms with E-state index in [-0.39, 0.29) is 122 Å². The van der Waals surface area contributed by atoms with Crippen molar-refractivity contribution in [1.29, 1.82) is 0 Å². The number of halogens is 26. The smallest absolute Gasteiger partial charge is 0.417 e. The van der Waals surface area contributed by atoms with Crippen molar-refractivity contribution < 1.29 is 73.0 Å². The van der Waals surface area contributed by atoms with Crippen LogP contribution in [0.25, 0.3) is 66.5 Å². The lowest BCUT2D eigenvalue weighted by atomic mass is 10.2. The predicted octanol–water partition coefficient (Wildman–Crippen LogP) is 24.4. The molecule has 17 rings (SSSR count). The zero-order chi connectivity index (χ0) is 110. The summed E-state index contributed by atoms with van der Waals surface area (Å²) in [6.07, 6.45) is 3.07. The van der Waals surface area contributed by atoms with Crippen molar-refractivity contribution in [3.63, 3.8) is 0 Å². The zero-order valence-corrected chi connectivity index (χ0v) is 100. The van der Waals surface area contributed by atoms with Crippen LogP contribution < -0.4 is 67.2 Å². The third-order valence-corrected chi connectivity index (χ3v) is 23.2. The van der Waals surface area contributed by atoms with Crippen LogP contribution in [-0.4, -0.2) is 197 Å². The molecule has 2 aliphatic rings. The molecule has 9 heterocycles. The molecule has 36 nitrogen and oxygen atoms in total. The van der Waals surface area contributed by atoms with Crippen LogP contribution in [0, 0.1) is 50.1 Å². The van der Waals surface area contributed by atoms with E-state index >= 15 is 0 Å². The zero-order valence-electron chi connectivity index (χ0n) is 76.3. The summed E-state index contributed by atoms with van der Waals surface area (Å²) in [7, 11) is 8.85. The Balaban J connectivity index is 0.000000551. The third-order valence-electron chi connectivity index (χ3n) is 17.5. The molecule has 0 radical (unpaired) electrons. The molecule has 0 aliphatic carbocycles. The number of hydrazine groups is 2. The van der Waals surface area contributed by atoms with Gasteiger partial charge in [-0.3, -0.25) is 34.6 Å². The van der Waals surface area contributed by atoms with E-state index in [4.69, 9.17) is 89.4 Å². The number of likely N-dealkylation sites (N-methyl/N-ethyl adjacent to an activating group) is 2. The normalized spacial score (nSPS) is 11.8. The fourth-order valence-electron chi connectivity index (χ4n) is 11.1. The van der Waals surface area contributed by atoms with Crippen LogP contribution in [0.1, 0.15) is 49.5 Å². The minimum absolute atomic E-state index is 0. The Morgan fingerprint density at radius 3 is 1.30 bits per heavy atom. The number of carbonyl (C=O) groups excluding carboxylic acids is 2. The summed E-state index contributed by atoms with van der Waals surface area (Å²) in [6.45, 7) is 19.1. The molecule has 0 amide bonds. The van der Waals surface area contributed by atoms with Gasteiger partial charge in [0.15, 0.2) is 61.2 Å². The Hall–Kier alpha value is -6.33. The van der Waals surface area contributed by atoms with Gasteiger partial charge in [-0.15, -0.1) is 20.4 Å². The molecule has 0 bridgehead atoms. The number of nitrogen functional groups attached to an aromatic ring is 5. The van der Waals surface area contributed by atoms with E-state index < -0.39 is 63.8 Å². The van der Waals surface area contributed by atoms with E-state index in [2.05, 4.69) is 291 Å². The van der Waals surface area contributed by atoms with E-state index in [9.17, 15) is 58.9 Å². The Morgan fingerprint density at radius 1 is 0.466 bits per heavy atom. The van der Waals surface area contributed by atoms with E-state index in [0.29, 0.717) is 100 Å². The molecule has 148 heavy (non-hydrogen) atoms. The molecule has 2 fully saturated rings. The summed E-state index contributed by atoms with van der Waals surface area (Å²) < 4.78 is 148. The van der Waals surface area contributed by atoms with Gasteiger partial charge in [-0.1, -0.05) is 189 Å². The maximum absolute atomic E-state index is 14.3. The molecular weight excluding hydrogens is 2900 g/mol. The maximum atomic E-state index is 14.3. The molecule has 810 valence electrons. The van der Waals surface area contributed by atoms with Gasteiger partial charge in [-0.05, 0) is 217 Å². The van der Waals surface area contributed by atoms with Crippen LogP contribution in [0.15, 0.2) is 161 Å². The summed E-state index contributed by atoms with van der Waals surface area (Å²) in [6, 6.07) is 25.3. The molecule has 8 aromatic carbocycles. The fraction of sp³-hybridized carbons (Fsp3) is 0.271. The van der Waals surface area contributed by atoms with E-state index in [1.807, 2.05) is 49.4 Å². The maximum Gasteiger partial charge on any atom is 0.417 e. The molecule has 15 aromatic rings. The molecule has 7 aromatic heterocycles. The first-order valence-electron chi connectivity index (χ1n) is 40.7. The van der Waals surface area contributed by atoms with Crippen LogP contribution in [0.3, 0.4) is 0 Å². The molecule has 2 saturated heterocycles. The molecule has 0 unspecified atom stereocenters. The summed E-state index contributed by atoms with van der Waals surface area (Å²) in [4.78, 5) is 77.9.